The van der Waals surface area contributed by atoms with Crippen LogP contribution < -0.4 is 4.74 Å². The Labute approximate surface area is 118 Å². The van der Waals surface area contributed by atoms with Crippen LogP contribution in [0.15, 0.2) is 47.4 Å². The van der Waals surface area contributed by atoms with Gasteiger partial charge in [-0.15, -0.1) is 11.8 Å². The second-order valence-corrected chi connectivity index (χ2v) is 5.04. The van der Waals surface area contributed by atoms with E-state index in [4.69, 9.17) is 10.00 Å². The van der Waals surface area contributed by atoms with Gasteiger partial charge in [-0.25, -0.2) is 0 Å². The van der Waals surface area contributed by atoms with E-state index in [0.29, 0.717) is 12.2 Å². The average Bonchev–Trinajstić information content (AvgIpc) is 2.46. The predicted molar refractivity (Wildman–Crippen MR) is 78.4 cm³/mol. The number of hydrogen-bond donors (Lipinski definition) is 0. The van der Waals surface area contributed by atoms with Crippen molar-refractivity contribution in [2.45, 2.75) is 18.4 Å². The molecule has 0 aromatic heterocycles. The molecule has 0 spiro atoms. The molecule has 0 saturated heterocycles. The van der Waals surface area contributed by atoms with Gasteiger partial charge in [0.05, 0.1) is 11.6 Å². The molecular formula is C16H15NOS. The molecule has 0 aliphatic heterocycles. The van der Waals surface area contributed by atoms with Crippen molar-refractivity contribution in [1.29, 1.82) is 5.26 Å². The van der Waals surface area contributed by atoms with E-state index in [2.05, 4.69) is 6.07 Å². The fraction of sp³-hybridized carbons (Fsp3) is 0.188. The molecule has 0 aliphatic carbocycles. The van der Waals surface area contributed by atoms with Gasteiger partial charge in [0.15, 0.2) is 0 Å². The van der Waals surface area contributed by atoms with Gasteiger partial charge in [0.25, 0.3) is 0 Å². The lowest BCUT2D eigenvalue weighted by Gasteiger charge is -2.11. The van der Waals surface area contributed by atoms with Gasteiger partial charge < -0.3 is 4.74 Å². The van der Waals surface area contributed by atoms with Crippen LogP contribution >= 0.6 is 11.8 Å². The maximum atomic E-state index is 8.85. The number of rotatable bonds is 4. The van der Waals surface area contributed by atoms with Crippen LogP contribution in [-0.4, -0.2) is 6.26 Å². The third-order valence-corrected chi connectivity index (χ3v) is 3.70. The summed E-state index contributed by atoms with van der Waals surface area (Å²) in [7, 11) is 0. The number of nitriles is 1. The Hall–Kier alpha value is -1.92. The summed E-state index contributed by atoms with van der Waals surface area (Å²) in [5, 5.41) is 8.85. The number of thioether (sulfide) groups is 1. The van der Waals surface area contributed by atoms with Gasteiger partial charge in [-0.2, -0.15) is 5.26 Å². The maximum Gasteiger partial charge on any atom is 0.133 e. The van der Waals surface area contributed by atoms with Crippen LogP contribution in [0.4, 0.5) is 0 Å². The van der Waals surface area contributed by atoms with E-state index in [1.165, 1.54) is 0 Å². The van der Waals surface area contributed by atoms with Gasteiger partial charge in [0.1, 0.15) is 12.4 Å². The highest BCUT2D eigenvalue weighted by atomic mass is 32.2. The molecule has 0 atom stereocenters. The molecule has 2 aromatic carbocycles. The third kappa shape index (κ3) is 3.30. The minimum atomic E-state index is 0.523. The molecule has 2 nitrogen and oxygen atoms in total. The van der Waals surface area contributed by atoms with Crippen molar-refractivity contribution in [3.63, 3.8) is 0 Å². The van der Waals surface area contributed by atoms with Crippen LogP contribution in [0.3, 0.4) is 0 Å². The smallest absolute Gasteiger partial charge is 0.133 e. The van der Waals surface area contributed by atoms with Crippen LogP contribution in [0.5, 0.6) is 5.75 Å². The van der Waals surface area contributed by atoms with Crippen molar-refractivity contribution in [1.82, 2.24) is 0 Å². The van der Waals surface area contributed by atoms with E-state index < -0.39 is 0 Å². The summed E-state index contributed by atoms with van der Waals surface area (Å²) in [4.78, 5) is 1.13. The van der Waals surface area contributed by atoms with E-state index in [0.717, 1.165) is 21.8 Å². The van der Waals surface area contributed by atoms with Gasteiger partial charge in [0.2, 0.25) is 0 Å². The molecule has 19 heavy (non-hydrogen) atoms. The molecule has 0 aliphatic rings. The molecular weight excluding hydrogens is 254 g/mol. The van der Waals surface area contributed by atoms with Crippen molar-refractivity contribution in [3.8, 4) is 11.8 Å². The molecule has 0 N–H and O–H groups in total. The molecule has 0 bridgehead atoms. The molecule has 2 aromatic rings. The Morgan fingerprint density at radius 1 is 1.21 bits per heavy atom. The highest BCUT2D eigenvalue weighted by Crippen LogP contribution is 2.27. The zero-order chi connectivity index (χ0) is 13.7. The lowest BCUT2D eigenvalue weighted by molar-refractivity contribution is 0.298. The van der Waals surface area contributed by atoms with Crippen molar-refractivity contribution < 1.29 is 4.74 Å². The molecule has 96 valence electrons. The quantitative estimate of drug-likeness (QED) is 0.781. The lowest BCUT2D eigenvalue weighted by Crippen LogP contribution is -1.99. The minimum absolute atomic E-state index is 0.523. The van der Waals surface area contributed by atoms with Gasteiger partial charge >= 0.3 is 0 Å². The topological polar surface area (TPSA) is 33.0 Å². The van der Waals surface area contributed by atoms with Gasteiger partial charge in [-0.05, 0) is 48.6 Å². The summed E-state index contributed by atoms with van der Waals surface area (Å²) < 4.78 is 5.86. The number of hydrogen-bond acceptors (Lipinski definition) is 3. The van der Waals surface area contributed by atoms with Crippen molar-refractivity contribution in [2.24, 2.45) is 0 Å². The SMILES string of the molecule is CSc1ccccc1OCc1ccc(C#N)cc1C. The number of nitrogens with zero attached hydrogens (tertiary/aromatic N) is 1. The molecule has 0 radical (unpaired) electrons. The predicted octanol–water partition coefficient (Wildman–Crippen LogP) is 4.17. The van der Waals surface area contributed by atoms with E-state index >= 15 is 0 Å². The molecule has 0 fully saturated rings. The van der Waals surface area contributed by atoms with Crippen LogP contribution in [-0.2, 0) is 6.61 Å². The number of ether oxygens (including phenoxy) is 1. The zero-order valence-electron chi connectivity index (χ0n) is 11.0. The van der Waals surface area contributed by atoms with Crippen LogP contribution in [0.1, 0.15) is 16.7 Å². The minimum Gasteiger partial charge on any atom is -0.488 e. The molecule has 0 amide bonds. The first-order valence-electron chi connectivity index (χ1n) is 6.00. The number of para-hydroxylation sites is 1. The average molecular weight is 269 g/mol. The van der Waals surface area contributed by atoms with E-state index in [1.54, 1.807) is 11.8 Å². The zero-order valence-corrected chi connectivity index (χ0v) is 11.8. The van der Waals surface area contributed by atoms with Crippen LogP contribution in [0, 0.1) is 18.3 Å². The molecule has 2 rings (SSSR count). The first-order chi connectivity index (χ1) is 9.24. The summed E-state index contributed by atoms with van der Waals surface area (Å²) >= 11 is 1.67. The van der Waals surface area contributed by atoms with Gasteiger partial charge in [-0.3, -0.25) is 0 Å². The van der Waals surface area contributed by atoms with E-state index in [9.17, 15) is 0 Å². The largest absolute Gasteiger partial charge is 0.488 e. The summed E-state index contributed by atoms with van der Waals surface area (Å²) in [6, 6.07) is 15.8. The third-order valence-electron chi connectivity index (χ3n) is 2.92. The molecule has 0 heterocycles. The number of benzene rings is 2. The van der Waals surface area contributed by atoms with Crippen molar-refractivity contribution in [3.05, 3.63) is 59.2 Å². The summed E-state index contributed by atoms with van der Waals surface area (Å²) in [5.41, 5.74) is 2.88. The van der Waals surface area contributed by atoms with Crippen molar-refractivity contribution >= 4 is 11.8 Å². The van der Waals surface area contributed by atoms with E-state index in [-0.39, 0.29) is 0 Å². The summed E-state index contributed by atoms with van der Waals surface area (Å²) in [6.45, 7) is 2.52. The Kier molecular flexibility index (Phi) is 4.48. The van der Waals surface area contributed by atoms with Crippen LogP contribution in [0.2, 0.25) is 0 Å². The fourth-order valence-electron chi connectivity index (χ4n) is 1.82. The Morgan fingerprint density at radius 2 is 2.00 bits per heavy atom. The monoisotopic (exact) mass is 269 g/mol. The summed E-state index contributed by atoms with van der Waals surface area (Å²) in [5.74, 6) is 0.902. The fourth-order valence-corrected chi connectivity index (χ4v) is 2.36. The highest BCUT2D eigenvalue weighted by Gasteiger charge is 2.04. The first kappa shape index (κ1) is 13.5. The molecule has 3 heteroatoms. The highest BCUT2D eigenvalue weighted by molar-refractivity contribution is 7.98. The molecule has 0 unspecified atom stereocenters. The van der Waals surface area contributed by atoms with E-state index in [1.807, 2.05) is 55.6 Å². The standard InChI is InChI=1S/C16H15NOS/c1-12-9-13(10-17)7-8-14(12)11-18-15-5-3-4-6-16(15)19-2/h3-9H,11H2,1-2H3. The second kappa shape index (κ2) is 6.31. The van der Waals surface area contributed by atoms with Crippen LogP contribution in [0.25, 0.3) is 0 Å². The Balaban J connectivity index is 2.13. The van der Waals surface area contributed by atoms with Gasteiger partial charge in [0, 0.05) is 4.90 Å². The lowest BCUT2D eigenvalue weighted by atomic mass is 10.1. The molecule has 0 saturated carbocycles. The normalized spacial score (nSPS) is 9.95. The number of aryl methyl sites for hydroxylation is 1. The van der Waals surface area contributed by atoms with Crippen molar-refractivity contribution in [2.75, 3.05) is 6.26 Å². The maximum absolute atomic E-state index is 8.85. The van der Waals surface area contributed by atoms with Gasteiger partial charge in [-0.1, -0.05) is 18.2 Å². The first-order valence-corrected chi connectivity index (χ1v) is 7.22. The Bertz CT molecular complexity index is 616. The second-order valence-electron chi connectivity index (χ2n) is 4.19. The summed E-state index contributed by atoms with van der Waals surface area (Å²) in [6.07, 6.45) is 2.04. The Morgan fingerprint density at radius 3 is 2.68 bits per heavy atom.